The van der Waals surface area contributed by atoms with E-state index in [0.717, 1.165) is 62.8 Å². The smallest absolute Gasteiger partial charge is 0.251 e. The molecule has 6 rings (SSSR count). The Morgan fingerprint density at radius 3 is 2.40 bits per heavy atom. The monoisotopic (exact) mass is 528 g/mol. The highest BCUT2D eigenvalue weighted by Gasteiger charge is 2.24. The van der Waals surface area contributed by atoms with Crippen LogP contribution in [0.2, 0.25) is 0 Å². The van der Waals surface area contributed by atoms with Gasteiger partial charge in [-0.15, -0.1) is 0 Å². The molecule has 6 heteroatoms. The molecule has 1 fully saturated rings. The number of benzene rings is 4. The summed E-state index contributed by atoms with van der Waals surface area (Å²) in [7, 11) is 0. The Morgan fingerprint density at radius 2 is 1.65 bits per heavy atom. The number of ether oxygens (including phenoxy) is 1. The Bertz CT molecular complexity index is 1690. The molecule has 1 aliphatic carbocycles. The maximum Gasteiger partial charge on any atom is 0.251 e. The number of aromatic nitrogens is 2. The summed E-state index contributed by atoms with van der Waals surface area (Å²) in [6.07, 6.45) is 3.93. The van der Waals surface area contributed by atoms with Gasteiger partial charge < -0.3 is 15.4 Å². The van der Waals surface area contributed by atoms with Crippen LogP contribution in [0.1, 0.15) is 45.5 Å². The quantitative estimate of drug-likeness (QED) is 0.219. The number of hydrogen-bond acceptors (Lipinski definition) is 5. The fourth-order valence-corrected chi connectivity index (χ4v) is 4.86. The predicted octanol–water partition coefficient (Wildman–Crippen LogP) is 7.44. The maximum absolute atomic E-state index is 12.9. The Morgan fingerprint density at radius 1 is 0.875 bits per heavy atom. The zero-order valence-electron chi connectivity index (χ0n) is 23.0. The molecule has 40 heavy (non-hydrogen) atoms. The van der Waals surface area contributed by atoms with Crippen LogP contribution in [0, 0.1) is 20.8 Å². The number of hydrogen-bond donors (Lipinski definition) is 2. The number of carbonyl (C=O) groups is 1. The molecule has 1 aromatic heterocycles. The molecule has 0 bridgehead atoms. The first-order valence-corrected chi connectivity index (χ1v) is 13.7. The van der Waals surface area contributed by atoms with Crippen molar-refractivity contribution in [1.29, 1.82) is 0 Å². The molecule has 0 spiro atoms. The lowest BCUT2D eigenvalue weighted by molar-refractivity contribution is 0.0951. The lowest BCUT2D eigenvalue weighted by Crippen LogP contribution is -2.25. The SMILES string of the molecule is Cc1ccc(C(=O)NC2CC2)cc1-c1cc2cnc(Nc3c(C)cccc3C)nc2cc1OCc1ccccc1. The van der Waals surface area contributed by atoms with Gasteiger partial charge in [-0.25, -0.2) is 9.97 Å². The van der Waals surface area contributed by atoms with Gasteiger partial charge in [-0.2, -0.15) is 0 Å². The van der Waals surface area contributed by atoms with E-state index in [-0.39, 0.29) is 5.91 Å². The summed E-state index contributed by atoms with van der Waals surface area (Å²) in [5, 5.41) is 7.38. The van der Waals surface area contributed by atoms with E-state index in [0.29, 0.717) is 29.9 Å². The van der Waals surface area contributed by atoms with E-state index in [4.69, 9.17) is 9.72 Å². The summed E-state index contributed by atoms with van der Waals surface area (Å²) >= 11 is 0. The molecular weight excluding hydrogens is 496 g/mol. The van der Waals surface area contributed by atoms with Gasteiger partial charge in [-0.1, -0.05) is 54.6 Å². The molecule has 5 aromatic rings. The van der Waals surface area contributed by atoms with Gasteiger partial charge in [0.15, 0.2) is 0 Å². The first-order chi connectivity index (χ1) is 19.4. The van der Waals surface area contributed by atoms with Gasteiger partial charge in [0.05, 0.1) is 5.52 Å². The van der Waals surface area contributed by atoms with Crippen LogP contribution < -0.4 is 15.4 Å². The summed E-state index contributed by atoms with van der Waals surface area (Å²) in [6.45, 7) is 6.61. The second-order valence-electron chi connectivity index (χ2n) is 10.5. The number of rotatable bonds is 8. The molecule has 2 N–H and O–H groups in total. The summed E-state index contributed by atoms with van der Waals surface area (Å²) in [5.74, 6) is 1.19. The van der Waals surface area contributed by atoms with Crippen molar-refractivity contribution < 1.29 is 9.53 Å². The maximum atomic E-state index is 12.9. The lowest BCUT2D eigenvalue weighted by atomic mass is 9.96. The minimum atomic E-state index is -0.0400. The third-order valence-electron chi connectivity index (χ3n) is 7.34. The standard InChI is InChI=1S/C34H32N4O2/c1-21-12-13-25(33(39)36-27-14-15-27)16-28(21)29-17-26-19-35-34(38-32-22(2)8-7-9-23(32)3)37-30(26)18-31(29)40-20-24-10-5-4-6-11-24/h4-13,16-19,27H,14-15,20H2,1-3H3,(H,36,39)(H,35,37,38). The van der Waals surface area contributed by atoms with E-state index < -0.39 is 0 Å². The molecule has 0 radical (unpaired) electrons. The van der Waals surface area contributed by atoms with E-state index in [2.05, 4.69) is 54.6 Å². The predicted molar refractivity (Wildman–Crippen MR) is 160 cm³/mol. The summed E-state index contributed by atoms with van der Waals surface area (Å²) in [4.78, 5) is 22.3. The minimum Gasteiger partial charge on any atom is -0.488 e. The number of aryl methyl sites for hydroxylation is 3. The Hall–Kier alpha value is -4.71. The molecule has 1 saturated carbocycles. The highest BCUT2D eigenvalue weighted by molar-refractivity contribution is 5.97. The van der Waals surface area contributed by atoms with Crippen molar-refractivity contribution in [2.24, 2.45) is 0 Å². The van der Waals surface area contributed by atoms with Gasteiger partial charge >= 0.3 is 0 Å². The zero-order valence-corrected chi connectivity index (χ0v) is 23.0. The molecule has 0 aliphatic heterocycles. The second-order valence-corrected chi connectivity index (χ2v) is 10.5. The molecule has 0 unspecified atom stereocenters. The Labute approximate surface area is 234 Å². The molecular formula is C34H32N4O2. The van der Waals surface area contributed by atoms with Crippen molar-refractivity contribution in [2.75, 3.05) is 5.32 Å². The van der Waals surface area contributed by atoms with Crippen molar-refractivity contribution in [3.8, 4) is 16.9 Å². The van der Waals surface area contributed by atoms with Gasteiger partial charge in [0.2, 0.25) is 5.95 Å². The Kier molecular flexibility index (Phi) is 6.91. The number of nitrogens with one attached hydrogen (secondary N) is 2. The van der Waals surface area contributed by atoms with Crippen molar-refractivity contribution in [3.63, 3.8) is 0 Å². The van der Waals surface area contributed by atoms with Gasteiger partial charge in [0.1, 0.15) is 12.4 Å². The average Bonchev–Trinajstić information content (AvgIpc) is 3.78. The topological polar surface area (TPSA) is 76.1 Å². The van der Waals surface area contributed by atoms with Gasteiger partial charge in [0, 0.05) is 40.5 Å². The molecule has 0 saturated heterocycles. The molecule has 4 aromatic carbocycles. The molecule has 200 valence electrons. The molecule has 0 atom stereocenters. The second kappa shape index (κ2) is 10.8. The summed E-state index contributed by atoms with van der Waals surface area (Å²) in [6, 6.07) is 26.4. The van der Waals surface area contributed by atoms with Crippen LogP contribution in [0.5, 0.6) is 5.75 Å². The fraction of sp³-hybridized carbons (Fsp3) is 0.206. The third-order valence-corrected chi connectivity index (χ3v) is 7.34. The summed E-state index contributed by atoms with van der Waals surface area (Å²) < 4.78 is 6.43. The first-order valence-electron chi connectivity index (χ1n) is 13.7. The highest BCUT2D eigenvalue weighted by Crippen LogP contribution is 2.37. The third kappa shape index (κ3) is 5.52. The number of anilines is 2. The molecule has 1 amide bonds. The van der Waals surface area contributed by atoms with Crippen molar-refractivity contribution in [3.05, 3.63) is 113 Å². The van der Waals surface area contributed by atoms with E-state index in [9.17, 15) is 4.79 Å². The van der Waals surface area contributed by atoms with Crippen LogP contribution in [-0.2, 0) is 6.61 Å². The number of amides is 1. The molecule has 6 nitrogen and oxygen atoms in total. The van der Waals surface area contributed by atoms with Crippen LogP contribution in [0.4, 0.5) is 11.6 Å². The van der Waals surface area contributed by atoms with Crippen LogP contribution in [-0.4, -0.2) is 21.9 Å². The highest BCUT2D eigenvalue weighted by atomic mass is 16.5. The Balaban J connectivity index is 1.41. The van der Waals surface area contributed by atoms with Gasteiger partial charge in [-0.3, -0.25) is 4.79 Å². The number of fused-ring (bicyclic) bond motifs is 1. The van der Waals surface area contributed by atoms with Crippen LogP contribution >= 0.6 is 0 Å². The van der Waals surface area contributed by atoms with Crippen molar-refractivity contribution >= 4 is 28.4 Å². The molecule has 1 aliphatic rings. The van der Waals surface area contributed by atoms with Crippen LogP contribution in [0.3, 0.4) is 0 Å². The van der Waals surface area contributed by atoms with Crippen LogP contribution in [0.25, 0.3) is 22.0 Å². The normalized spacial score (nSPS) is 12.8. The number of carbonyl (C=O) groups excluding carboxylic acids is 1. The average molecular weight is 529 g/mol. The van der Waals surface area contributed by atoms with E-state index in [1.807, 2.05) is 66.9 Å². The minimum absolute atomic E-state index is 0.0400. The van der Waals surface area contributed by atoms with Crippen molar-refractivity contribution in [1.82, 2.24) is 15.3 Å². The largest absolute Gasteiger partial charge is 0.488 e. The number of nitrogens with zero attached hydrogens (tertiary/aromatic N) is 2. The van der Waals surface area contributed by atoms with E-state index in [1.165, 1.54) is 0 Å². The zero-order chi connectivity index (χ0) is 27.6. The van der Waals surface area contributed by atoms with E-state index >= 15 is 0 Å². The van der Waals surface area contributed by atoms with Gasteiger partial charge in [0.25, 0.3) is 5.91 Å². The number of para-hydroxylation sites is 1. The molecule has 1 heterocycles. The van der Waals surface area contributed by atoms with Gasteiger partial charge in [-0.05, 0) is 79.6 Å². The fourth-order valence-electron chi connectivity index (χ4n) is 4.86. The summed E-state index contributed by atoms with van der Waals surface area (Å²) in [5.41, 5.74) is 8.67. The van der Waals surface area contributed by atoms with Crippen LogP contribution in [0.15, 0.2) is 85.1 Å². The van der Waals surface area contributed by atoms with E-state index in [1.54, 1.807) is 0 Å². The first kappa shape index (κ1) is 25.6. The lowest BCUT2D eigenvalue weighted by Gasteiger charge is -2.17. The van der Waals surface area contributed by atoms with Crippen molar-refractivity contribution in [2.45, 2.75) is 46.3 Å².